The predicted octanol–water partition coefficient (Wildman–Crippen LogP) is 3.75. The van der Waals surface area contributed by atoms with Crippen LogP contribution in [0.5, 0.6) is 0 Å². The zero-order valence-corrected chi connectivity index (χ0v) is 10.1. The molecular formula is C14H26O. The van der Waals surface area contributed by atoms with Crippen molar-refractivity contribution in [2.45, 2.75) is 70.8 Å². The minimum atomic E-state index is 0.0210. The van der Waals surface area contributed by atoms with Crippen LogP contribution in [0.1, 0.15) is 64.7 Å². The van der Waals surface area contributed by atoms with Crippen molar-refractivity contribution in [3.05, 3.63) is 0 Å². The minimum Gasteiger partial charge on any atom is -0.393 e. The van der Waals surface area contributed by atoms with E-state index in [2.05, 4.69) is 6.92 Å². The van der Waals surface area contributed by atoms with E-state index >= 15 is 0 Å². The van der Waals surface area contributed by atoms with Gasteiger partial charge >= 0.3 is 0 Å². The van der Waals surface area contributed by atoms with E-state index in [9.17, 15) is 5.11 Å². The van der Waals surface area contributed by atoms with Gasteiger partial charge < -0.3 is 5.11 Å². The number of hydrogen-bond acceptors (Lipinski definition) is 1. The first-order valence-corrected chi connectivity index (χ1v) is 6.92. The summed E-state index contributed by atoms with van der Waals surface area (Å²) in [5.74, 6) is 2.93. The smallest absolute Gasteiger partial charge is 0.0540 e. The second kappa shape index (κ2) is 5.34. The Balaban J connectivity index is 1.68. The summed E-state index contributed by atoms with van der Waals surface area (Å²) in [4.78, 5) is 0. The maximum absolute atomic E-state index is 9.47. The van der Waals surface area contributed by atoms with E-state index in [0.29, 0.717) is 0 Å². The molecule has 0 bridgehead atoms. The van der Waals surface area contributed by atoms with Gasteiger partial charge in [0.05, 0.1) is 6.10 Å². The van der Waals surface area contributed by atoms with Crippen LogP contribution in [0.3, 0.4) is 0 Å². The summed E-state index contributed by atoms with van der Waals surface area (Å²) < 4.78 is 0. The molecule has 2 saturated carbocycles. The Bertz CT molecular complexity index is 154. The number of hydrogen-bond donors (Lipinski definition) is 1. The summed E-state index contributed by atoms with van der Waals surface area (Å²) in [5.41, 5.74) is 0. The fourth-order valence-corrected chi connectivity index (χ4v) is 3.42. The summed E-state index contributed by atoms with van der Waals surface area (Å²) in [7, 11) is 0. The van der Waals surface area contributed by atoms with E-state index in [-0.39, 0.29) is 6.10 Å². The topological polar surface area (TPSA) is 20.2 Å². The highest BCUT2D eigenvalue weighted by molar-refractivity contribution is 4.77. The Hall–Kier alpha value is -0.0400. The molecular weight excluding hydrogens is 184 g/mol. The van der Waals surface area contributed by atoms with Gasteiger partial charge in [0, 0.05) is 0 Å². The Morgan fingerprint density at radius 1 is 0.800 bits per heavy atom. The first-order valence-electron chi connectivity index (χ1n) is 6.92. The third-order valence-corrected chi connectivity index (χ3v) is 4.62. The Morgan fingerprint density at radius 3 is 1.80 bits per heavy atom. The third kappa shape index (κ3) is 3.48. The number of aliphatic hydroxyl groups excluding tert-OH is 1. The van der Waals surface area contributed by atoms with Gasteiger partial charge in [-0.3, -0.25) is 0 Å². The molecule has 2 rings (SSSR count). The van der Waals surface area contributed by atoms with E-state index in [1.165, 1.54) is 44.9 Å². The molecule has 0 radical (unpaired) electrons. The van der Waals surface area contributed by atoms with Gasteiger partial charge in [-0.1, -0.05) is 32.6 Å². The van der Waals surface area contributed by atoms with Crippen molar-refractivity contribution in [3.63, 3.8) is 0 Å². The zero-order valence-electron chi connectivity index (χ0n) is 10.1. The van der Waals surface area contributed by atoms with Gasteiger partial charge in [-0.2, -0.15) is 0 Å². The molecule has 88 valence electrons. The maximum Gasteiger partial charge on any atom is 0.0540 e. The van der Waals surface area contributed by atoms with Gasteiger partial charge in [0.2, 0.25) is 0 Å². The highest BCUT2D eigenvalue weighted by atomic mass is 16.3. The van der Waals surface area contributed by atoms with Crippen LogP contribution in [0, 0.1) is 17.8 Å². The van der Waals surface area contributed by atoms with E-state index in [1.54, 1.807) is 0 Å². The lowest BCUT2D eigenvalue weighted by Crippen LogP contribution is -2.22. The largest absolute Gasteiger partial charge is 0.393 e. The van der Waals surface area contributed by atoms with Crippen LogP contribution in [0.2, 0.25) is 0 Å². The summed E-state index contributed by atoms with van der Waals surface area (Å²) in [6, 6.07) is 0. The first kappa shape index (κ1) is 11.4. The Morgan fingerprint density at radius 2 is 1.27 bits per heavy atom. The molecule has 0 aromatic rings. The van der Waals surface area contributed by atoms with Gasteiger partial charge in [-0.05, 0) is 49.9 Å². The molecule has 1 heteroatoms. The highest BCUT2D eigenvalue weighted by Crippen LogP contribution is 2.36. The lowest BCUT2D eigenvalue weighted by Gasteiger charge is -2.32. The summed E-state index contributed by atoms with van der Waals surface area (Å²) in [6.07, 6.45) is 12.0. The van der Waals surface area contributed by atoms with Gasteiger partial charge in [0.15, 0.2) is 0 Å². The van der Waals surface area contributed by atoms with Crippen LogP contribution in [-0.4, -0.2) is 11.2 Å². The number of rotatable bonds is 2. The standard InChI is InChI=1S/C14H26O/c1-11-2-4-12(5-3-11)10-13-6-8-14(15)9-7-13/h11-15H,2-10H2,1H3. The lowest BCUT2D eigenvalue weighted by molar-refractivity contribution is 0.0972. The molecule has 0 amide bonds. The van der Waals surface area contributed by atoms with E-state index in [0.717, 1.165) is 30.6 Å². The first-order chi connectivity index (χ1) is 7.24. The molecule has 0 aromatic carbocycles. The molecule has 2 fully saturated rings. The normalized spacial score (nSPS) is 42.8. The van der Waals surface area contributed by atoms with Crippen molar-refractivity contribution >= 4 is 0 Å². The van der Waals surface area contributed by atoms with Crippen molar-refractivity contribution in [1.82, 2.24) is 0 Å². The van der Waals surface area contributed by atoms with Crippen LogP contribution in [0.15, 0.2) is 0 Å². The Kier molecular flexibility index (Phi) is 4.07. The van der Waals surface area contributed by atoms with Crippen LogP contribution in [-0.2, 0) is 0 Å². The molecule has 1 N–H and O–H groups in total. The maximum atomic E-state index is 9.47. The summed E-state index contributed by atoms with van der Waals surface area (Å²) in [5, 5.41) is 9.47. The van der Waals surface area contributed by atoms with Gasteiger partial charge in [0.1, 0.15) is 0 Å². The molecule has 0 aromatic heterocycles. The summed E-state index contributed by atoms with van der Waals surface area (Å²) in [6.45, 7) is 2.40. The van der Waals surface area contributed by atoms with Crippen LogP contribution in [0.4, 0.5) is 0 Å². The van der Waals surface area contributed by atoms with Crippen molar-refractivity contribution in [1.29, 1.82) is 0 Å². The molecule has 2 aliphatic carbocycles. The molecule has 0 atom stereocenters. The van der Waals surface area contributed by atoms with Crippen molar-refractivity contribution in [2.75, 3.05) is 0 Å². The summed E-state index contributed by atoms with van der Waals surface area (Å²) >= 11 is 0. The Labute approximate surface area is 94.3 Å². The second-order valence-electron chi connectivity index (χ2n) is 6.04. The monoisotopic (exact) mass is 210 g/mol. The molecule has 15 heavy (non-hydrogen) atoms. The average molecular weight is 210 g/mol. The SMILES string of the molecule is CC1CCC(CC2CCC(O)CC2)CC1. The minimum absolute atomic E-state index is 0.0210. The average Bonchev–Trinajstić information content (AvgIpc) is 2.25. The molecule has 0 unspecified atom stereocenters. The second-order valence-corrected chi connectivity index (χ2v) is 6.04. The quantitative estimate of drug-likeness (QED) is 0.736. The van der Waals surface area contributed by atoms with Crippen molar-refractivity contribution in [3.8, 4) is 0 Å². The molecule has 0 saturated heterocycles. The van der Waals surface area contributed by atoms with Crippen LogP contribution in [0.25, 0.3) is 0 Å². The van der Waals surface area contributed by atoms with E-state index in [1.807, 2.05) is 0 Å². The van der Waals surface area contributed by atoms with Crippen LogP contribution < -0.4 is 0 Å². The zero-order chi connectivity index (χ0) is 10.7. The third-order valence-electron chi connectivity index (χ3n) is 4.62. The van der Waals surface area contributed by atoms with Crippen LogP contribution >= 0.6 is 0 Å². The lowest BCUT2D eigenvalue weighted by atomic mass is 9.75. The highest BCUT2D eigenvalue weighted by Gasteiger charge is 2.24. The molecule has 1 nitrogen and oxygen atoms in total. The van der Waals surface area contributed by atoms with Gasteiger partial charge in [-0.15, -0.1) is 0 Å². The molecule has 0 heterocycles. The van der Waals surface area contributed by atoms with E-state index in [4.69, 9.17) is 0 Å². The van der Waals surface area contributed by atoms with Gasteiger partial charge in [-0.25, -0.2) is 0 Å². The molecule has 0 spiro atoms. The van der Waals surface area contributed by atoms with Crippen molar-refractivity contribution in [2.24, 2.45) is 17.8 Å². The molecule has 2 aliphatic rings. The van der Waals surface area contributed by atoms with E-state index < -0.39 is 0 Å². The fourth-order valence-electron chi connectivity index (χ4n) is 3.42. The van der Waals surface area contributed by atoms with Crippen molar-refractivity contribution < 1.29 is 5.11 Å². The predicted molar refractivity (Wildman–Crippen MR) is 63.7 cm³/mol. The number of aliphatic hydroxyl groups is 1. The fraction of sp³-hybridized carbons (Fsp3) is 1.00. The van der Waals surface area contributed by atoms with Gasteiger partial charge in [0.25, 0.3) is 0 Å². The molecule has 0 aliphatic heterocycles.